The smallest absolute Gasteiger partial charge is 0.224 e. The Morgan fingerprint density at radius 2 is 2.20 bits per heavy atom. The summed E-state index contributed by atoms with van der Waals surface area (Å²) in [4.78, 5) is 21.8. The maximum atomic E-state index is 11.1. The first kappa shape index (κ1) is 14.8. The van der Waals surface area contributed by atoms with Crippen LogP contribution in [-0.2, 0) is 4.79 Å². The van der Waals surface area contributed by atoms with E-state index in [9.17, 15) is 4.79 Å². The fourth-order valence-corrected chi connectivity index (χ4v) is 2.56. The number of carbonyl (C=O) groups excluding carboxylic acids is 1. The summed E-state index contributed by atoms with van der Waals surface area (Å²) in [5.41, 5.74) is 0. The van der Waals surface area contributed by atoms with Crippen LogP contribution in [0.15, 0.2) is 6.20 Å². The lowest BCUT2D eigenvalue weighted by molar-refractivity contribution is -0.119. The van der Waals surface area contributed by atoms with E-state index in [1.165, 1.54) is 0 Å². The zero-order valence-corrected chi connectivity index (χ0v) is 12.6. The van der Waals surface area contributed by atoms with Crippen LogP contribution >= 0.6 is 11.6 Å². The van der Waals surface area contributed by atoms with Crippen molar-refractivity contribution < 1.29 is 4.79 Å². The Morgan fingerprint density at radius 1 is 1.50 bits per heavy atom. The number of piperidine rings is 1. The Balaban J connectivity index is 2.02. The third kappa shape index (κ3) is 3.72. The molecule has 0 bridgehead atoms. The minimum atomic E-state index is 0.0259. The molecule has 0 saturated carbocycles. The van der Waals surface area contributed by atoms with Crippen LogP contribution in [0.5, 0.6) is 0 Å². The maximum Gasteiger partial charge on any atom is 0.224 e. The van der Waals surface area contributed by atoms with E-state index in [-0.39, 0.29) is 11.9 Å². The van der Waals surface area contributed by atoms with Crippen LogP contribution in [0, 0.1) is 0 Å². The minimum Gasteiger partial charge on any atom is -0.355 e. The second-order valence-electron chi connectivity index (χ2n) is 4.86. The van der Waals surface area contributed by atoms with Crippen molar-refractivity contribution in [3.63, 3.8) is 0 Å². The van der Waals surface area contributed by atoms with Gasteiger partial charge < -0.3 is 15.5 Å². The van der Waals surface area contributed by atoms with Crippen molar-refractivity contribution in [2.45, 2.75) is 32.7 Å². The second kappa shape index (κ2) is 6.74. The van der Waals surface area contributed by atoms with Gasteiger partial charge in [0.25, 0.3) is 0 Å². The van der Waals surface area contributed by atoms with Gasteiger partial charge in [0.2, 0.25) is 11.9 Å². The van der Waals surface area contributed by atoms with Gasteiger partial charge in [-0.2, -0.15) is 4.98 Å². The average Bonchev–Trinajstić information content (AvgIpc) is 2.42. The number of rotatable bonds is 4. The van der Waals surface area contributed by atoms with Crippen LogP contribution in [-0.4, -0.2) is 41.6 Å². The number of carbonyl (C=O) groups is 1. The highest BCUT2D eigenvalue weighted by Gasteiger charge is 2.22. The van der Waals surface area contributed by atoms with Gasteiger partial charge in [-0.05, 0) is 19.8 Å². The molecule has 1 fully saturated rings. The zero-order chi connectivity index (χ0) is 14.5. The van der Waals surface area contributed by atoms with E-state index in [0.29, 0.717) is 11.0 Å². The molecule has 1 aromatic heterocycles. The van der Waals surface area contributed by atoms with Crippen molar-refractivity contribution in [3.8, 4) is 0 Å². The van der Waals surface area contributed by atoms with Crippen LogP contribution in [0.3, 0.4) is 0 Å². The van der Waals surface area contributed by atoms with Crippen molar-refractivity contribution in [2.24, 2.45) is 0 Å². The Hall–Kier alpha value is -1.56. The molecule has 0 atom stereocenters. The summed E-state index contributed by atoms with van der Waals surface area (Å²) < 4.78 is 0. The average molecular weight is 298 g/mol. The van der Waals surface area contributed by atoms with Crippen LogP contribution in [0.2, 0.25) is 5.02 Å². The second-order valence-corrected chi connectivity index (χ2v) is 5.26. The molecule has 0 aliphatic carbocycles. The topological polar surface area (TPSA) is 70.2 Å². The molecule has 0 aromatic carbocycles. The van der Waals surface area contributed by atoms with Crippen LogP contribution < -0.4 is 15.5 Å². The fraction of sp³-hybridized carbons (Fsp3) is 0.615. The number of amides is 1. The normalized spacial score (nSPS) is 16.1. The van der Waals surface area contributed by atoms with E-state index in [1.807, 2.05) is 6.92 Å². The third-order valence-corrected chi connectivity index (χ3v) is 3.53. The van der Waals surface area contributed by atoms with Crippen LogP contribution in [0.1, 0.15) is 26.7 Å². The van der Waals surface area contributed by atoms with Crippen molar-refractivity contribution in [1.29, 1.82) is 0 Å². The summed E-state index contributed by atoms with van der Waals surface area (Å²) in [7, 11) is 0. The molecule has 20 heavy (non-hydrogen) atoms. The molecular weight excluding hydrogens is 278 g/mol. The lowest BCUT2D eigenvalue weighted by Gasteiger charge is -2.33. The number of halogens is 1. The van der Waals surface area contributed by atoms with Gasteiger partial charge in [0.05, 0.1) is 6.20 Å². The van der Waals surface area contributed by atoms with Gasteiger partial charge in [-0.25, -0.2) is 4.98 Å². The van der Waals surface area contributed by atoms with Gasteiger partial charge >= 0.3 is 0 Å². The van der Waals surface area contributed by atoms with Crippen molar-refractivity contribution in [3.05, 3.63) is 11.2 Å². The Bertz CT molecular complexity index is 474. The monoisotopic (exact) mass is 297 g/mol. The molecule has 1 aliphatic rings. The number of anilines is 2. The van der Waals surface area contributed by atoms with Gasteiger partial charge in [0, 0.05) is 32.6 Å². The molecule has 2 N–H and O–H groups in total. The first-order valence-corrected chi connectivity index (χ1v) is 7.26. The molecule has 1 aromatic rings. The molecule has 1 aliphatic heterocycles. The Morgan fingerprint density at radius 3 is 2.80 bits per heavy atom. The number of nitrogens with zero attached hydrogens (tertiary/aromatic N) is 3. The highest BCUT2D eigenvalue weighted by molar-refractivity contribution is 6.32. The quantitative estimate of drug-likeness (QED) is 0.884. The number of hydrogen-bond acceptors (Lipinski definition) is 5. The fourth-order valence-electron chi connectivity index (χ4n) is 2.35. The van der Waals surface area contributed by atoms with Crippen molar-refractivity contribution in [1.82, 2.24) is 15.3 Å². The number of aromatic nitrogens is 2. The van der Waals surface area contributed by atoms with Crippen molar-refractivity contribution in [2.75, 3.05) is 29.9 Å². The third-order valence-electron chi connectivity index (χ3n) is 3.26. The highest BCUT2D eigenvalue weighted by Crippen LogP contribution is 2.26. The van der Waals surface area contributed by atoms with Gasteiger partial charge in [-0.1, -0.05) is 11.6 Å². The molecule has 0 radical (unpaired) electrons. The largest absolute Gasteiger partial charge is 0.355 e. The molecule has 2 rings (SSSR count). The van der Waals surface area contributed by atoms with Gasteiger partial charge in [-0.15, -0.1) is 0 Å². The maximum absolute atomic E-state index is 11.1. The zero-order valence-electron chi connectivity index (χ0n) is 11.8. The lowest BCUT2D eigenvalue weighted by atomic mass is 10.1. The molecule has 0 spiro atoms. The van der Waals surface area contributed by atoms with Crippen LogP contribution in [0.25, 0.3) is 0 Å². The summed E-state index contributed by atoms with van der Waals surface area (Å²) in [5, 5.41) is 6.60. The van der Waals surface area contributed by atoms with E-state index in [0.717, 1.165) is 38.3 Å². The van der Waals surface area contributed by atoms with Gasteiger partial charge in [-0.3, -0.25) is 4.79 Å². The first-order chi connectivity index (χ1) is 9.60. The van der Waals surface area contributed by atoms with Crippen molar-refractivity contribution >= 4 is 29.3 Å². The molecule has 1 amide bonds. The lowest BCUT2D eigenvalue weighted by Crippen LogP contribution is -2.44. The van der Waals surface area contributed by atoms with E-state index >= 15 is 0 Å². The van der Waals surface area contributed by atoms with E-state index in [4.69, 9.17) is 11.6 Å². The summed E-state index contributed by atoms with van der Waals surface area (Å²) in [6.45, 7) is 5.97. The summed E-state index contributed by atoms with van der Waals surface area (Å²) in [5.74, 6) is 1.38. The molecule has 6 nitrogen and oxygen atoms in total. The van der Waals surface area contributed by atoms with Crippen LogP contribution in [0.4, 0.5) is 11.8 Å². The van der Waals surface area contributed by atoms with E-state index in [2.05, 4.69) is 25.5 Å². The summed E-state index contributed by atoms with van der Waals surface area (Å²) >= 11 is 6.19. The molecule has 110 valence electrons. The van der Waals surface area contributed by atoms with E-state index < -0.39 is 0 Å². The summed E-state index contributed by atoms with van der Waals surface area (Å²) in [6, 6.07) is 0.248. The molecular formula is C13H20ClN5O. The SMILES string of the molecule is CCNc1ncc(Cl)c(N2CCC(NC(C)=O)CC2)n1. The first-order valence-electron chi connectivity index (χ1n) is 6.88. The molecule has 0 unspecified atom stereocenters. The van der Waals surface area contributed by atoms with Gasteiger partial charge in [0.15, 0.2) is 5.82 Å². The Labute approximate surface area is 123 Å². The number of hydrogen-bond donors (Lipinski definition) is 2. The van der Waals surface area contributed by atoms with E-state index in [1.54, 1.807) is 13.1 Å². The Kier molecular flexibility index (Phi) is 5.00. The predicted molar refractivity (Wildman–Crippen MR) is 80.3 cm³/mol. The molecule has 2 heterocycles. The highest BCUT2D eigenvalue weighted by atomic mass is 35.5. The predicted octanol–water partition coefficient (Wildman–Crippen LogP) is 1.67. The molecule has 7 heteroatoms. The summed E-state index contributed by atoms with van der Waals surface area (Å²) in [6.07, 6.45) is 3.43. The molecule has 1 saturated heterocycles. The van der Waals surface area contributed by atoms with Gasteiger partial charge in [0.1, 0.15) is 5.02 Å². The number of nitrogens with one attached hydrogen (secondary N) is 2. The minimum absolute atomic E-state index is 0.0259. The standard InChI is InChI=1S/C13H20ClN5O/c1-3-15-13-16-8-11(14)12(18-13)19-6-4-10(5-7-19)17-9(2)20/h8,10H,3-7H2,1-2H3,(H,17,20)(H,15,16,18).